The van der Waals surface area contributed by atoms with Gasteiger partial charge in [0.15, 0.2) is 5.75 Å². The number of benzene rings is 1. The summed E-state index contributed by atoms with van der Waals surface area (Å²) in [5, 5.41) is 0. The van der Waals surface area contributed by atoms with Crippen LogP contribution >= 0.6 is 38.6 Å². The summed E-state index contributed by atoms with van der Waals surface area (Å²) >= 11 is 12.3. The maximum atomic E-state index is 5.79. The molecule has 7 heteroatoms. The summed E-state index contributed by atoms with van der Waals surface area (Å²) in [6, 6.07) is 3.91. The van der Waals surface area contributed by atoms with E-state index in [9.17, 15) is 0 Å². The van der Waals surface area contributed by atoms with E-state index in [2.05, 4.69) is 31.9 Å². The Morgan fingerprint density at radius 2 is 1.56 bits per heavy atom. The third kappa shape index (κ3) is 4.58. The van der Waals surface area contributed by atoms with E-state index >= 15 is 0 Å². The molecule has 0 spiro atoms. The summed E-state index contributed by atoms with van der Waals surface area (Å²) in [4.78, 5) is 0. The molecule has 102 valence electrons. The molecule has 18 heavy (non-hydrogen) atoms. The zero-order chi connectivity index (χ0) is 13.8. The highest BCUT2D eigenvalue weighted by Crippen LogP contribution is 2.52. The Bertz CT molecular complexity index is 435. The van der Waals surface area contributed by atoms with Crippen LogP contribution in [0.3, 0.4) is 0 Å². The van der Waals surface area contributed by atoms with Crippen LogP contribution in [0, 0.1) is 6.92 Å². The van der Waals surface area contributed by atoms with Crippen molar-refractivity contribution in [2.75, 3.05) is 13.2 Å². The molecular formula is C11H15Br2O3PS. The van der Waals surface area contributed by atoms with Crippen LogP contribution in [0.4, 0.5) is 0 Å². The van der Waals surface area contributed by atoms with Crippen molar-refractivity contribution in [1.82, 2.24) is 0 Å². The molecule has 0 aromatic heterocycles. The van der Waals surface area contributed by atoms with E-state index in [0.717, 1.165) is 14.5 Å². The first kappa shape index (κ1) is 16.6. The molecule has 0 radical (unpaired) electrons. The topological polar surface area (TPSA) is 27.7 Å². The minimum Gasteiger partial charge on any atom is -0.422 e. The predicted molar refractivity (Wildman–Crippen MR) is 84.7 cm³/mol. The summed E-state index contributed by atoms with van der Waals surface area (Å²) in [6.45, 7) is 3.90. The Labute approximate surface area is 130 Å². The normalized spacial score (nSPS) is 11.6. The second-order valence-electron chi connectivity index (χ2n) is 3.43. The molecule has 0 saturated carbocycles. The van der Waals surface area contributed by atoms with Gasteiger partial charge in [-0.15, -0.1) is 0 Å². The quantitative estimate of drug-likeness (QED) is 0.595. The average Bonchev–Trinajstić information content (AvgIpc) is 2.24. The van der Waals surface area contributed by atoms with E-state index in [-0.39, 0.29) is 0 Å². The molecule has 1 rings (SSSR count). The second kappa shape index (κ2) is 7.36. The fourth-order valence-corrected chi connectivity index (χ4v) is 5.21. The molecule has 0 amide bonds. The molecule has 0 saturated heterocycles. The summed E-state index contributed by atoms with van der Waals surface area (Å²) < 4.78 is 18.3. The maximum absolute atomic E-state index is 5.79. The first-order chi connectivity index (χ1) is 8.41. The minimum atomic E-state index is -2.74. The Kier molecular flexibility index (Phi) is 6.79. The molecule has 0 aliphatic heterocycles. The van der Waals surface area contributed by atoms with Crippen molar-refractivity contribution in [2.24, 2.45) is 0 Å². The summed E-state index contributed by atoms with van der Waals surface area (Å²) in [5.41, 5.74) is 1.11. The standard InChI is InChI=1S/C11H15Br2O3PS/c1-4-14-17(18,15-5-2)16-11-9(12)6-8(3)7-10(11)13/h6-7H,4-5H2,1-3H3. The molecule has 0 heterocycles. The molecular weight excluding hydrogens is 403 g/mol. The Morgan fingerprint density at radius 1 is 1.11 bits per heavy atom. The van der Waals surface area contributed by atoms with Crippen LogP contribution in [-0.4, -0.2) is 13.2 Å². The third-order valence-corrected chi connectivity index (χ3v) is 5.51. The first-order valence-electron chi connectivity index (χ1n) is 5.46. The van der Waals surface area contributed by atoms with E-state index in [0.29, 0.717) is 19.0 Å². The Balaban J connectivity index is 3.04. The van der Waals surface area contributed by atoms with E-state index in [1.165, 1.54) is 0 Å². The molecule has 1 aromatic rings. The largest absolute Gasteiger partial charge is 0.422 e. The van der Waals surface area contributed by atoms with Crippen molar-refractivity contribution in [3.63, 3.8) is 0 Å². The third-order valence-electron chi connectivity index (χ3n) is 1.92. The number of hydrogen-bond donors (Lipinski definition) is 0. The van der Waals surface area contributed by atoms with Gasteiger partial charge in [-0.3, -0.25) is 9.05 Å². The fourth-order valence-electron chi connectivity index (χ4n) is 1.29. The molecule has 0 fully saturated rings. The lowest BCUT2D eigenvalue weighted by molar-refractivity contribution is 0.217. The van der Waals surface area contributed by atoms with Gasteiger partial charge in [0.2, 0.25) is 0 Å². The zero-order valence-corrected chi connectivity index (χ0v) is 15.3. The minimum absolute atomic E-state index is 0.457. The smallest absolute Gasteiger partial charge is 0.380 e. The first-order valence-corrected chi connectivity index (χ1v) is 9.60. The lowest BCUT2D eigenvalue weighted by Gasteiger charge is -2.22. The van der Waals surface area contributed by atoms with E-state index in [1.807, 2.05) is 32.9 Å². The van der Waals surface area contributed by atoms with Gasteiger partial charge in [-0.1, -0.05) is 0 Å². The van der Waals surface area contributed by atoms with Crippen molar-refractivity contribution in [3.05, 3.63) is 26.6 Å². The monoisotopic (exact) mass is 416 g/mol. The predicted octanol–water partition coefficient (Wildman–Crippen LogP) is 5.20. The summed E-state index contributed by atoms with van der Waals surface area (Å²) in [5.74, 6) is 0.617. The lowest BCUT2D eigenvalue weighted by atomic mass is 10.2. The molecule has 3 nitrogen and oxygen atoms in total. The van der Waals surface area contributed by atoms with Gasteiger partial charge in [-0.05, 0) is 70.3 Å². The van der Waals surface area contributed by atoms with Gasteiger partial charge >= 0.3 is 6.72 Å². The molecule has 0 N–H and O–H groups in total. The fraction of sp³-hybridized carbons (Fsp3) is 0.455. The Hall–Kier alpha value is 0.550. The number of rotatable bonds is 6. The molecule has 0 aliphatic rings. The van der Waals surface area contributed by atoms with Gasteiger partial charge in [0.1, 0.15) is 0 Å². The number of halogens is 2. The highest BCUT2D eigenvalue weighted by molar-refractivity contribution is 9.11. The number of hydrogen-bond acceptors (Lipinski definition) is 4. The van der Waals surface area contributed by atoms with Gasteiger partial charge in [-0.25, -0.2) is 0 Å². The van der Waals surface area contributed by atoms with Crippen molar-refractivity contribution < 1.29 is 13.6 Å². The van der Waals surface area contributed by atoms with Gasteiger partial charge < -0.3 is 4.52 Å². The molecule has 0 atom stereocenters. The second-order valence-corrected chi connectivity index (χ2v) is 8.08. The van der Waals surface area contributed by atoms with Gasteiger partial charge in [-0.2, -0.15) is 0 Å². The van der Waals surface area contributed by atoms with E-state index in [1.54, 1.807) is 0 Å². The van der Waals surface area contributed by atoms with Crippen LogP contribution in [0.5, 0.6) is 5.75 Å². The van der Waals surface area contributed by atoms with Crippen molar-refractivity contribution in [3.8, 4) is 5.75 Å². The van der Waals surface area contributed by atoms with Crippen molar-refractivity contribution in [2.45, 2.75) is 20.8 Å². The van der Waals surface area contributed by atoms with Crippen LogP contribution in [-0.2, 0) is 20.9 Å². The average molecular weight is 418 g/mol. The zero-order valence-electron chi connectivity index (χ0n) is 10.4. The lowest BCUT2D eigenvalue weighted by Crippen LogP contribution is -2.03. The van der Waals surface area contributed by atoms with Crippen LogP contribution in [0.25, 0.3) is 0 Å². The molecule has 0 unspecified atom stereocenters. The molecule has 1 aromatic carbocycles. The van der Waals surface area contributed by atoms with Gasteiger partial charge in [0.05, 0.1) is 22.2 Å². The van der Waals surface area contributed by atoms with Crippen LogP contribution in [0.1, 0.15) is 19.4 Å². The van der Waals surface area contributed by atoms with Crippen LogP contribution in [0.2, 0.25) is 0 Å². The Morgan fingerprint density at radius 3 is 1.94 bits per heavy atom. The van der Waals surface area contributed by atoms with Crippen LogP contribution < -0.4 is 4.52 Å². The summed E-state index contributed by atoms with van der Waals surface area (Å²) in [7, 11) is 0. The van der Waals surface area contributed by atoms with Gasteiger partial charge in [0.25, 0.3) is 0 Å². The van der Waals surface area contributed by atoms with Crippen LogP contribution in [0.15, 0.2) is 21.1 Å². The molecule has 0 bridgehead atoms. The van der Waals surface area contributed by atoms with Gasteiger partial charge in [0, 0.05) is 11.8 Å². The maximum Gasteiger partial charge on any atom is 0.380 e. The summed E-state index contributed by atoms with van der Waals surface area (Å²) in [6.07, 6.45) is 0. The number of aryl methyl sites for hydroxylation is 1. The van der Waals surface area contributed by atoms with Crippen molar-refractivity contribution in [1.29, 1.82) is 0 Å². The molecule has 0 aliphatic carbocycles. The van der Waals surface area contributed by atoms with Crippen molar-refractivity contribution >= 4 is 50.4 Å². The highest BCUT2D eigenvalue weighted by atomic mass is 79.9. The highest BCUT2D eigenvalue weighted by Gasteiger charge is 2.24. The van der Waals surface area contributed by atoms with E-state index in [4.69, 9.17) is 25.4 Å². The SMILES string of the molecule is CCOP(=S)(OCC)Oc1c(Br)cc(C)cc1Br. The van der Waals surface area contributed by atoms with E-state index < -0.39 is 6.72 Å².